The van der Waals surface area contributed by atoms with Gasteiger partial charge in [-0.1, -0.05) is 40.9 Å². The van der Waals surface area contributed by atoms with Crippen molar-refractivity contribution in [2.45, 2.75) is 5.75 Å². The summed E-state index contributed by atoms with van der Waals surface area (Å²) in [6.07, 6.45) is 1.55. The summed E-state index contributed by atoms with van der Waals surface area (Å²) in [4.78, 5) is 9.38. The third-order valence-corrected chi connectivity index (χ3v) is 6.01. The molecule has 0 spiro atoms. The Balaban J connectivity index is 1.53. The molecule has 23 heavy (non-hydrogen) atoms. The van der Waals surface area contributed by atoms with E-state index in [4.69, 9.17) is 34.8 Å². The highest BCUT2D eigenvalue weighted by atomic mass is 35.5. The molecule has 8 heteroatoms. The lowest BCUT2D eigenvalue weighted by Gasteiger charge is -2.08. The lowest BCUT2D eigenvalue weighted by molar-refractivity contribution is 1.15. The van der Waals surface area contributed by atoms with Crippen molar-refractivity contribution in [1.82, 2.24) is 9.97 Å². The molecule has 1 N–H and O–H groups in total. The van der Waals surface area contributed by atoms with E-state index in [9.17, 15) is 0 Å². The van der Waals surface area contributed by atoms with Gasteiger partial charge in [0.1, 0.15) is 17.0 Å². The summed E-state index contributed by atoms with van der Waals surface area (Å²) in [5.41, 5.74) is 0.981. The van der Waals surface area contributed by atoms with Crippen LogP contribution in [0.2, 0.25) is 14.4 Å². The SMILES string of the molecule is Clc1cc2c(NCCSCc3c(Cl)cccc3Cl)ncnc2s1. The summed E-state index contributed by atoms with van der Waals surface area (Å²) >= 11 is 21.6. The second kappa shape index (κ2) is 7.90. The Morgan fingerprint density at radius 3 is 2.70 bits per heavy atom. The van der Waals surface area contributed by atoms with Gasteiger partial charge in [0.05, 0.1) is 9.72 Å². The maximum atomic E-state index is 6.16. The van der Waals surface area contributed by atoms with Gasteiger partial charge in [0.15, 0.2) is 0 Å². The molecular formula is C15H12Cl3N3S2. The normalized spacial score (nSPS) is 11.1. The number of hydrogen-bond donors (Lipinski definition) is 1. The summed E-state index contributed by atoms with van der Waals surface area (Å²) in [6, 6.07) is 7.46. The number of nitrogens with zero attached hydrogens (tertiary/aromatic N) is 2. The minimum Gasteiger partial charge on any atom is -0.369 e. The number of benzene rings is 1. The van der Waals surface area contributed by atoms with E-state index < -0.39 is 0 Å². The van der Waals surface area contributed by atoms with E-state index in [2.05, 4.69) is 15.3 Å². The van der Waals surface area contributed by atoms with Crippen LogP contribution in [0.3, 0.4) is 0 Å². The molecule has 0 bridgehead atoms. The molecule has 0 saturated carbocycles. The van der Waals surface area contributed by atoms with Gasteiger partial charge in [0.2, 0.25) is 0 Å². The van der Waals surface area contributed by atoms with Crippen molar-refractivity contribution in [3.63, 3.8) is 0 Å². The van der Waals surface area contributed by atoms with Crippen LogP contribution >= 0.6 is 57.9 Å². The second-order valence-electron chi connectivity index (χ2n) is 4.67. The number of rotatable bonds is 6. The van der Waals surface area contributed by atoms with E-state index in [1.807, 2.05) is 24.3 Å². The standard InChI is InChI=1S/C15H12Cl3N3S2/c16-11-2-1-3-12(17)10(11)7-22-5-4-19-14-9-6-13(18)23-15(9)21-8-20-14/h1-3,6,8H,4-5,7H2,(H,19,20,21). The zero-order valence-electron chi connectivity index (χ0n) is 11.9. The van der Waals surface area contributed by atoms with E-state index in [1.54, 1.807) is 18.1 Å². The molecule has 0 amide bonds. The maximum absolute atomic E-state index is 6.16. The van der Waals surface area contributed by atoms with E-state index in [1.165, 1.54) is 11.3 Å². The molecule has 0 aliphatic heterocycles. The molecule has 0 aliphatic rings. The molecule has 0 unspecified atom stereocenters. The molecule has 3 nitrogen and oxygen atoms in total. The highest BCUT2D eigenvalue weighted by molar-refractivity contribution is 7.98. The zero-order valence-corrected chi connectivity index (χ0v) is 15.8. The van der Waals surface area contributed by atoms with E-state index in [0.29, 0.717) is 14.4 Å². The molecule has 0 radical (unpaired) electrons. The van der Waals surface area contributed by atoms with Crippen LogP contribution in [0.15, 0.2) is 30.6 Å². The number of thiophene rings is 1. The van der Waals surface area contributed by atoms with Crippen LogP contribution < -0.4 is 5.32 Å². The Morgan fingerprint density at radius 1 is 1.13 bits per heavy atom. The fourth-order valence-electron chi connectivity index (χ4n) is 2.05. The lowest BCUT2D eigenvalue weighted by Crippen LogP contribution is -2.06. The number of fused-ring (bicyclic) bond motifs is 1. The van der Waals surface area contributed by atoms with Gasteiger partial charge in [-0.15, -0.1) is 11.3 Å². The van der Waals surface area contributed by atoms with Crippen molar-refractivity contribution in [2.24, 2.45) is 0 Å². The minimum atomic E-state index is 0.711. The second-order valence-corrected chi connectivity index (χ2v) is 8.25. The monoisotopic (exact) mass is 403 g/mol. The first-order chi connectivity index (χ1) is 11.1. The average Bonchev–Trinajstić information content (AvgIpc) is 2.90. The number of halogens is 3. The quantitative estimate of drug-likeness (QED) is 0.511. The van der Waals surface area contributed by atoms with Crippen LogP contribution in [0.5, 0.6) is 0 Å². The first kappa shape index (κ1) is 17.1. The van der Waals surface area contributed by atoms with Crippen molar-refractivity contribution < 1.29 is 0 Å². The molecule has 2 aromatic heterocycles. The van der Waals surface area contributed by atoms with Crippen LogP contribution in [-0.4, -0.2) is 22.3 Å². The molecule has 1 aromatic carbocycles. The summed E-state index contributed by atoms with van der Waals surface area (Å²) in [5, 5.41) is 5.71. The predicted octanol–water partition coefficient (Wildman–Crippen LogP) is 6.00. The third-order valence-electron chi connectivity index (χ3n) is 3.15. The van der Waals surface area contributed by atoms with Gasteiger partial charge in [-0.3, -0.25) is 0 Å². The Bertz CT molecular complexity index is 803. The molecular weight excluding hydrogens is 393 g/mol. The molecule has 2 heterocycles. The number of hydrogen-bond acceptors (Lipinski definition) is 5. The van der Waals surface area contributed by atoms with Gasteiger partial charge in [0.25, 0.3) is 0 Å². The fraction of sp³-hybridized carbons (Fsp3) is 0.200. The Morgan fingerprint density at radius 2 is 1.91 bits per heavy atom. The summed E-state index contributed by atoms with van der Waals surface area (Å²) in [7, 11) is 0. The van der Waals surface area contributed by atoms with Gasteiger partial charge in [-0.2, -0.15) is 11.8 Å². The summed E-state index contributed by atoms with van der Waals surface area (Å²) in [5.74, 6) is 2.50. The molecule has 120 valence electrons. The highest BCUT2D eigenvalue weighted by Gasteiger charge is 2.08. The Hall–Kier alpha value is -0.720. The fourth-order valence-corrected chi connectivity index (χ4v) is 4.70. The van der Waals surface area contributed by atoms with Crippen molar-refractivity contribution in [1.29, 1.82) is 0 Å². The van der Waals surface area contributed by atoms with Crippen LogP contribution in [0.1, 0.15) is 5.56 Å². The number of anilines is 1. The first-order valence-electron chi connectivity index (χ1n) is 6.79. The maximum Gasteiger partial charge on any atom is 0.138 e. The predicted molar refractivity (Wildman–Crippen MR) is 104 cm³/mol. The topological polar surface area (TPSA) is 37.8 Å². The minimum absolute atomic E-state index is 0.711. The number of nitrogens with one attached hydrogen (secondary N) is 1. The third kappa shape index (κ3) is 4.22. The van der Waals surface area contributed by atoms with Crippen molar-refractivity contribution >= 4 is 73.9 Å². The molecule has 3 aromatic rings. The van der Waals surface area contributed by atoms with Crippen LogP contribution in [0.4, 0.5) is 5.82 Å². The van der Waals surface area contributed by atoms with Crippen LogP contribution in [0.25, 0.3) is 10.2 Å². The van der Waals surface area contributed by atoms with Crippen LogP contribution in [0, 0.1) is 0 Å². The van der Waals surface area contributed by atoms with E-state index in [-0.39, 0.29) is 0 Å². The van der Waals surface area contributed by atoms with Crippen molar-refractivity contribution in [2.75, 3.05) is 17.6 Å². The summed E-state index contributed by atoms with van der Waals surface area (Å²) in [6.45, 7) is 0.784. The largest absolute Gasteiger partial charge is 0.369 e. The molecule has 3 rings (SSSR count). The van der Waals surface area contributed by atoms with E-state index >= 15 is 0 Å². The van der Waals surface area contributed by atoms with Gasteiger partial charge in [-0.25, -0.2) is 9.97 Å². The van der Waals surface area contributed by atoms with Crippen molar-refractivity contribution in [3.8, 4) is 0 Å². The number of aromatic nitrogens is 2. The average molecular weight is 405 g/mol. The van der Waals surface area contributed by atoms with Crippen molar-refractivity contribution in [3.05, 3.63) is 50.5 Å². The number of thioether (sulfide) groups is 1. The van der Waals surface area contributed by atoms with Gasteiger partial charge in [-0.05, 0) is 23.8 Å². The van der Waals surface area contributed by atoms with Gasteiger partial charge < -0.3 is 5.32 Å². The van der Waals surface area contributed by atoms with Gasteiger partial charge >= 0.3 is 0 Å². The first-order valence-corrected chi connectivity index (χ1v) is 9.90. The summed E-state index contributed by atoms with van der Waals surface area (Å²) < 4.78 is 0.714. The molecule has 0 saturated heterocycles. The van der Waals surface area contributed by atoms with E-state index in [0.717, 1.165) is 39.6 Å². The molecule has 0 aliphatic carbocycles. The van der Waals surface area contributed by atoms with Gasteiger partial charge in [0, 0.05) is 28.1 Å². The smallest absolute Gasteiger partial charge is 0.138 e. The lowest BCUT2D eigenvalue weighted by atomic mass is 10.2. The highest BCUT2D eigenvalue weighted by Crippen LogP contribution is 2.31. The Kier molecular flexibility index (Phi) is 5.88. The Labute approximate surface area is 157 Å². The molecule has 0 atom stereocenters. The van der Waals surface area contributed by atoms with Crippen LogP contribution in [-0.2, 0) is 5.75 Å². The zero-order chi connectivity index (χ0) is 16.2. The molecule has 0 fully saturated rings.